The normalized spacial score (nSPS) is 41.3. The number of ketones is 1. The van der Waals surface area contributed by atoms with Crippen molar-refractivity contribution in [3.8, 4) is 0 Å². The van der Waals surface area contributed by atoms with Gasteiger partial charge in [0, 0.05) is 37.0 Å². The van der Waals surface area contributed by atoms with Crippen molar-refractivity contribution in [1.82, 2.24) is 0 Å². The molecule has 7 unspecified atom stereocenters. The number of aliphatic hydroxyl groups excluding tert-OH is 2. The fourth-order valence-electron chi connectivity index (χ4n) is 6.24. The van der Waals surface area contributed by atoms with E-state index in [0.29, 0.717) is 24.0 Å². The molecule has 0 radical (unpaired) electrons. The lowest BCUT2D eigenvalue weighted by Crippen LogP contribution is -2.70. The van der Waals surface area contributed by atoms with Crippen LogP contribution in [0.3, 0.4) is 0 Å². The lowest BCUT2D eigenvalue weighted by molar-refractivity contribution is -0.226. The van der Waals surface area contributed by atoms with Crippen LogP contribution in [0.25, 0.3) is 0 Å². The first kappa shape index (κ1) is 24.6. The first-order valence-electron chi connectivity index (χ1n) is 11.0. The Morgan fingerprint density at radius 1 is 1.09 bits per heavy atom. The van der Waals surface area contributed by atoms with Gasteiger partial charge in [-0.25, -0.2) is 0 Å². The van der Waals surface area contributed by atoms with E-state index in [9.17, 15) is 29.7 Å². The largest absolute Gasteiger partial charge is 0.458 e. The fraction of sp³-hybridized carbons (Fsp3) is 0.708. The summed E-state index contributed by atoms with van der Waals surface area (Å²) in [4.78, 5) is 37.4. The van der Waals surface area contributed by atoms with Gasteiger partial charge in [-0.15, -0.1) is 0 Å². The number of aliphatic hydroxyl groups is 3. The summed E-state index contributed by atoms with van der Waals surface area (Å²) in [6, 6.07) is 0. The quantitative estimate of drug-likeness (QED) is 0.427. The Kier molecular flexibility index (Phi) is 5.98. The molecule has 2 bridgehead atoms. The molecule has 3 aliphatic rings. The fourth-order valence-corrected chi connectivity index (χ4v) is 6.24. The summed E-state index contributed by atoms with van der Waals surface area (Å²) in [6.45, 7) is 13.2. The van der Waals surface area contributed by atoms with E-state index in [1.807, 2.05) is 0 Å². The van der Waals surface area contributed by atoms with Crippen molar-refractivity contribution < 1.29 is 39.2 Å². The van der Waals surface area contributed by atoms with Crippen LogP contribution in [0.15, 0.2) is 23.3 Å². The van der Waals surface area contributed by atoms with Crippen molar-refractivity contribution in [2.24, 2.45) is 16.7 Å². The molecule has 0 aromatic carbocycles. The summed E-state index contributed by atoms with van der Waals surface area (Å²) in [6.07, 6.45) is -4.40. The van der Waals surface area contributed by atoms with Gasteiger partial charge in [0.05, 0.1) is 12.2 Å². The van der Waals surface area contributed by atoms with Crippen molar-refractivity contribution in [3.63, 3.8) is 0 Å². The zero-order chi connectivity index (χ0) is 24.4. The van der Waals surface area contributed by atoms with Crippen molar-refractivity contribution in [2.75, 3.05) is 0 Å². The number of esters is 2. The highest BCUT2D eigenvalue weighted by atomic mass is 16.6. The van der Waals surface area contributed by atoms with E-state index in [1.54, 1.807) is 27.7 Å². The van der Waals surface area contributed by atoms with Gasteiger partial charge in [0.2, 0.25) is 0 Å². The molecule has 0 heterocycles. The van der Waals surface area contributed by atoms with Crippen LogP contribution in [-0.4, -0.2) is 63.1 Å². The van der Waals surface area contributed by atoms with E-state index in [1.165, 1.54) is 13.8 Å². The standard InChI is InChI=1S/C24H34O8/c1-11-15(27)8-9-23(7)18(11)20(29)24(30)10-16(28)12(2)17(22(24,5)6)19(31-13(3)25)21(23)32-14(4)26/h15,18-21,27,29-30H,1,8-10H2,2-7H3. The lowest BCUT2D eigenvalue weighted by Gasteiger charge is -2.61. The van der Waals surface area contributed by atoms with Gasteiger partial charge < -0.3 is 24.8 Å². The maximum atomic E-state index is 13.0. The second-order valence-corrected chi connectivity index (χ2v) is 10.3. The highest BCUT2D eigenvalue weighted by Gasteiger charge is 2.67. The number of Topliss-reactive ketones (excluding diaryl/α,β-unsaturated/α-hetero) is 1. The monoisotopic (exact) mass is 450 g/mol. The molecule has 3 rings (SSSR count). The third kappa shape index (κ3) is 3.35. The van der Waals surface area contributed by atoms with Crippen LogP contribution in [0.1, 0.15) is 60.8 Å². The molecule has 0 aliphatic heterocycles. The van der Waals surface area contributed by atoms with Crippen molar-refractivity contribution in [3.05, 3.63) is 23.3 Å². The molecule has 0 aromatic heterocycles. The maximum Gasteiger partial charge on any atom is 0.303 e. The molecule has 3 aliphatic carbocycles. The molecule has 178 valence electrons. The van der Waals surface area contributed by atoms with E-state index in [-0.39, 0.29) is 12.0 Å². The Balaban J connectivity index is 2.42. The molecule has 0 spiro atoms. The third-order valence-electron chi connectivity index (χ3n) is 8.10. The summed E-state index contributed by atoms with van der Waals surface area (Å²) in [5.74, 6) is -2.58. The molecule has 0 amide bonds. The number of fused-ring (bicyclic) bond motifs is 3. The summed E-state index contributed by atoms with van der Waals surface area (Å²) in [7, 11) is 0. The Morgan fingerprint density at radius 3 is 2.19 bits per heavy atom. The van der Waals surface area contributed by atoms with Gasteiger partial charge in [0.25, 0.3) is 0 Å². The first-order chi connectivity index (χ1) is 14.6. The van der Waals surface area contributed by atoms with E-state index < -0.39 is 64.5 Å². The van der Waals surface area contributed by atoms with Gasteiger partial charge >= 0.3 is 11.9 Å². The molecule has 32 heavy (non-hydrogen) atoms. The lowest BCUT2D eigenvalue weighted by atomic mass is 9.48. The second kappa shape index (κ2) is 7.78. The van der Waals surface area contributed by atoms with Crippen LogP contribution in [0.4, 0.5) is 0 Å². The predicted octanol–water partition coefficient (Wildman–Crippen LogP) is 1.60. The van der Waals surface area contributed by atoms with Gasteiger partial charge in [-0.1, -0.05) is 27.4 Å². The molecule has 7 atom stereocenters. The Hall–Kier alpha value is -2.03. The molecule has 8 nitrogen and oxygen atoms in total. The zero-order valence-corrected chi connectivity index (χ0v) is 19.6. The first-order valence-corrected chi connectivity index (χ1v) is 11.0. The number of carbonyl (C=O) groups is 3. The molecule has 3 N–H and O–H groups in total. The van der Waals surface area contributed by atoms with Gasteiger partial charge in [-0.2, -0.15) is 0 Å². The van der Waals surface area contributed by atoms with E-state index >= 15 is 0 Å². The topological polar surface area (TPSA) is 130 Å². The van der Waals surface area contributed by atoms with Crippen LogP contribution in [-0.2, 0) is 23.9 Å². The Labute approximate surface area is 188 Å². The number of rotatable bonds is 2. The van der Waals surface area contributed by atoms with Gasteiger partial charge in [0.15, 0.2) is 11.9 Å². The summed E-state index contributed by atoms with van der Waals surface area (Å²) < 4.78 is 11.5. The minimum absolute atomic E-state index is 0.288. The Morgan fingerprint density at radius 2 is 1.66 bits per heavy atom. The van der Waals surface area contributed by atoms with Crippen molar-refractivity contribution in [1.29, 1.82) is 0 Å². The number of hydrogen-bond donors (Lipinski definition) is 3. The smallest absolute Gasteiger partial charge is 0.303 e. The zero-order valence-electron chi connectivity index (χ0n) is 19.6. The van der Waals surface area contributed by atoms with E-state index in [4.69, 9.17) is 9.47 Å². The summed E-state index contributed by atoms with van der Waals surface area (Å²) >= 11 is 0. The summed E-state index contributed by atoms with van der Waals surface area (Å²) in [5.41, 5.74) is -3.27. The van der Waals surface area contributed by atoms with Gasteiger partial charge in [0.1, 0.15) is 11.7 Å². The van der Waals surface area contributed by atoms with E-state index in [2.05, 4.69) is 6.58 Å². The molecule has 2 saturated carbocycles. The van der Waals surface area contributed by atoms with Gasteiger partial charge in [-0.3, -0.25) is 14.4 Å². The minimum Gasteiger partial charge on any atom is -0.458 e. The van der Waals surface area contributed by atoms with Gasteiger partial charge in [-0.05, 0) is 36.5 Å². The molecule has 2 fully saturated rings. The highest BCUT2D eigenvalue weighted by Crippen LogP contribution is 2.60. The maximum absolute atomic E-state index is 13.0. The molecule has 8 heteroatoms. The highest BCUT2D eigenvalue weighted by molar-refractivity contribution is 5.98. The van der Waals surface area contributed by atoms with Crippen LogP contribution in [0, 0.1) is 16.7 Å². The Bertz CT molecular complexity index is 902. The second-order valence-electron chi connectivity index (χ2n) is 10.3. The average molecular weight is 451 g/mol. The van der Waals surface area contributed by atoms with Crippen LogP contribution < -0.4 is 0 Å². The van der Waals surface area contributed by atoms with E-state index in [0.717, 1.165) is 0 Å². The summed E-state index contributed by atoms with van der Waals surface area (Å²) in [5, 5.41) is 34.1. The molecular weight excluding hydrogens is 416 g/mol. The van der Waals surface area contributed by atoms with Crippen LogP contribution >= 0.6 is 0 Å². The van der Waals surface area contributed by atoms with Crippen LogP contribution in [0.2, 0.25) is 0 Å². The molecular formula is C24H34O8. The number of hydrogen-bond acceptors (Lipinski definition) is 8. The predicted molar refractivity (Wildman–Crippen MR) is 114 cm³/mol. The average Bonchev–Trinajstić information content (AvgIpc) is 2.66. The molecule has 0 saturated heterocycles. The van der Waals surface area contributed by atoms with Crippen molar-refractivity contribution >= 4 is 17.7 Å². The van der Waals surface area contributed by atoms with Crippen LogP contribution in [0.5, 0.6) is 0 Å². The number of allylic oxidation sites excluding steroid dienone is 1. The number of ether oxygens (including phenoxy) is 2. The minimum atomic E-state index is -1.93. The molecule has 0 aromatic rings. The van der Waals surface area contributed by atoms with Crippen molar-refractivity contribution in [2.45, 2.75) is 90.8 Å². The third-order valence-corrected chi connectivity index (χ3v) is 8.10. The number of carbonyl (C=O) groups excluding carboxylic acids is 3. The SMILES string of the molecule is C=C1C(O)CCC2(C)C(OC(C)=O)C(OC(C)=O)C3=C(C)C(=O)CC(O)(C(O)C12)C3(C)C.